The lowest BCUT2D eigenvalue weighted by molar-refractivity contribution is 0.0576. The van der Waals surface area contributed by atoms with E-state index in [2.05, 4.69) is 10.1 Å². The van der Waals surface area contributed by atoms with Crippen molar-refractivity contribution in [3.05, 3.63) is 71.7 Å². The first-order chi connectivity index (χ1) is 15.1. The minimum atomic E-state index is -0.225. The van der Waals surface area contributed by atoms with E-state index in [0.29, 0.717) is 35.9 Å². The van der Waals surface area contributed by atoms with Gasteiger partial charge in [0.05, 0.1) is 6.10 Å². The van der Waals surface area contributed by atoms with Crippen LogP contribution in [-0.4, -0.2) is 42.3 Å². The summed E-state index contributed by atoms with van der Waals surface area (Å²) in [6, 6.07) is 16.7. The Morgan fingerprint density at radius 3 is 2.65 bits per heavy atom. The van der Waals surface area contributed by atoms with Crippen LogP contribution in [0.4, 0.5) is 10.2 Å². The molecular formula is C24H27FN4O2. The summed E-state index contributed by atoms with van der Waals surface area (Å²) < 4.78 is 25.3. The molecule has 1 aliphatic rings. The number of aromatic nitrogens is 1. The van der Waals surface area contributed by atoms with E-state index in [1.54, 1.807) is 19.2 Å². The van der Waals surface area contributed by atoms with E-state index in [1.165, 1.54) is 0 Å². The van der Waals surface area contributed by atoms with Crippen molar-refractivity contribution in [2.75, 3.05) is 20.2 Å². The fourth-order valence-electron chi connectivity index (χ4n) is 3.81. The molecule has 0 saturated carbocycles. The number of hydrogen-bond acceptors (Lipinski definition) is 4. The summed E-state index contributed by atoms with van der Waals surface area (Å²) in [5.74, 6) is 1.36. The molecule has 7 heteroatoms. The average molecular weight is 423 g/mol. The summed E-state index contributed by atoms with van der Waals surface area (Å²) in [5, 5.41) is 4.00. The number of nitrogens with two attached hydrogens (primary N) is 1. The van der Waals surface area contributed by atoms with Gasteiger partial charge in [0, 0.05) is 38.2 Å². The lowest BCUT2D eigenvalue weighted by Crippen LogP contribution is -2.44. The van der Waals surface area contributed by atoms with E-state index in [4.69, 9.17) is 15.0 Å². The van der Waals surface area contributed by atoms with Crippen LogP contribution in [0.1, 0.15) is 24.2 Å². The van der Waals surface area contributed by atoms with Crippen LogP contribution in [0.25, 0.3) is 11.1 Å². The number of piperidine rings is 1. The Morgan fingerprint density at radius 1 is 1.16 bits per heavy atom. The van der Waals surface area contributed by atoms with E-state index >= 15 is 0 Å². The van der Waals surface area contributed by atoms with Gasteiger partial charge >= 0.3 is 0 Å². The molecule has 0 radical (unpaired) electrons. The molecule has 31 heavy (non-hydrogen) atoms. The van der Waals surface area contributed by atoms with Crippen LogP contribution in [0.2, 0.25) is 0 Å². The van der Waals surface area contributed by atoms with Gasteiger partial charge in [-0.1, -0.05) is 47.6 Å². The highest BCUT2D eigenvalue weighted by Gasteiger charge is 2.20. The van der Waals surface area contributed by atoms with Crippen LogP contribution >= 0.6 is 0 Å². The van der Waals surface area contributed by atoms with Crippen molar-refractivity contribution in [1.82, 2.24) is 10.1 Å². The molecule has 0 aliphatic carbocycles. The van der Waals surface area contributed by atoms with Crippen LogP contribution in [-0.2, 0) is 17.6 Å². The monoisotopic (exact) mass is 422 g/mol. The number of nitrogens with zero attached hydrogens (tertiary/aromatic N) is 3. The molecule has 2 N–H and O–H groups in total. The van der Waals surface area contributed by atoms with E-state index in [9.17, 15) is 4.39 Å². The van der Waals surface area contributed by atoms with Gasteiger partial charge in [0.25, 0.3) is 0 Å². The molecular weight excluding hydrogens is 395 g/mol. The average Bonchev–Trinajstić information content (AvgIpc) is 3.25. The number of ether oxygens (including phenoxy) is 1. The first kappa shape index (κ1) is 21.1. The van der Waals surface area contributed by atoms with Crippen LogP contribution in [0.3, 0.4) is 0 Å². The number of hydrogen-bond donors (Lipinski definition) is 1. The second-order valence-corrected chi connectivity index (χ2v) is 7.72. The smallest absolute Gasteiger partial charge is 0.198 e. The Kier molecular flexibility index (Phi) is 6.62. The number of aryl methyl sites for hydroxylation is 2. The maximum Gasteiger partial charge on any atom is 0.198 e. The van der Waals surface area contributed by atoms with Gasteiger partial charge in [-0.15, -0.1) is 0 Å². The fourth-order valence-corrected chi connectivity index (χ4v) is 3.81. The predicted molar refractivity (Wildman–Crippen MR) is 119 cm³/mol. The van der Waals surface area contributed by atoms with Crippen LogP contribution in [0, 0.1) is 5.82 Å². The maximum absolute atomic E-state index is 14.6. The molecule has 2 heterocycles. The zero-order chi connectivity index (χ0) is 21.6. The standard InChI is InChI=1S/C24H27FN4O2/c1-30-19-11-13-29(14-12-19)24(26)27-23-16-20(31-28-23)9-7-17-8-10-21(22(25)15-17)18-5-3-2-4-6-18/h2-6,8,10,15-16,19H,7,9,11-14H2,1H3,(H2,26,27,28). The second-order valence-electron chi connectivity index (χ2n) is 7.72. The van der Waals surface area contributed by atoms with Gasteiger partial charge in [0.1, 0.15) is 11.6 Å². The molecule has 6 nitrogen and oxygen atoms in total. The molecule has 3 aromatic rings. The zero-order valence-electron chi connectivity index (χ0n) is 17.6. The third-order valence-electron chi connectivity index (χ3n) is 5.65. The van der Waals surface area contributed by atoms with Crippen molar-refractivity contribution in [2.24, 2.45) is 10.7 Å². The molecule has 0 unspecified atom stereocenters. The first-order valence-electron chi connectivity index (χ1n) is 10.5. The molecule has 1 aliphatic heterocycles. The summed E-state index contributed by atoms with van der Waals surface area (Å²) in [6.07, 6.45) is 3.39. The molecule has 0 bridgehead atoms. The largest absolute Gasteiger partial charge is 0.381 e. The van der Waals surface area contributed by atoms with E-state index in [-0.39, 0.29) is 11.9 Å². The lowest BCUT2D eigenvalue weighted by Gasteiger charge is -2.31. The number of benzene rings is 2. The summed E-state index contributed by atoms with van der Waals surface area (Å²) in [7, 11) is 1.74. The van der Waals surface area contributed by atoms with Gasteiger partial charge in [0.15, 0.2) is 11.8 Å². The Bertz CT molecular complexity index is 1030. The highest BCUT2D eigenvalue weighted by Crippen LogP contribution is 2.24. The number of guanidine groups is 1. The highest BCUT2D eigenvalue weighted by atomic mass is 19.1. The Morgan fingerprint density at radius 2 is 1.94 bits per heavy atom. The van der Waals surface area contributed by atoms with Crippen LogP contribution < -0.4 is 5.73 Å². The maximum atomic E-state index is 14.6. The molecule has 4 rings (SSSR count). The minimum Gasteiger partial charge on any atom is -0.381 e. The molecule has 1 fully saturated rings. The van der Waals surface area contributed by atoms with Gasteiger partial charge in [-0.05, 0) is 36.5 Å². The number of methoxy groups -OCH3 is 1. The summed E-state index contributed by atoms with van der Waals surface area (Å²) in [5.41, 5.74) is 8.51. The third-order valence-corrected chi connectivity index (χ3v) is 5.65. The Labute approximate surface area is 181 Å². The van der Waals surface area contributed by atoms with Crippen molar-refractivity contribution in [2.45, 2.75) is 31.8 Å². The third kappa shape index (κ3) is 5.30. The van der Waals surface area contributed by atoms with Crippen molar-refractivity contribution in [3.63, 3.8) is 0 Å². The van der Waals surface area contributed by atoms with Crippen molar-refractivity contribution in [3.8, 4) is 11.1 Å². The summed E-state index contributed by atoms with van der Waals surface area (Å²) >= 11 is 0. The molecule has 0 spiro atoms. The molecule has 162 valence electrons. The molecule has 0 amide bonds. The Hall–Kier alpha value is -3.19. The van der Waals surface area contributed by atoms with E-state index in [0.717, 1.165) is 37.1 Å². The van der Waals surface area contributed by atoms with Gasteiger partial charge in [0.2, 0.25) is 0 Å². The highest BCUT2D eigenvalue weighted by molar-refractivity contribution is 5.80. The van der Waals surface area contributed by atoms with Gasteiger partial charge in [-0.25, -0.2) is 4.39 Å². The Balaban J connectivity index is 1.35. The quantitative estimate of drug-likeness (QED) is 0.473. The first-order valence-corrected chi connectivity index (χ1v) is 10.5. The zero-order valence-corrected chi connectivity index (χ0v) is 17.6. The normalized spacial score (nSPS) is 15.4. The molecule has 1 aromatic heterocycles. The van der Waals surface area contributed by atoms with Crippen LogP contribution in [0.15, 0.2) is 64.1 Å². The van der Waals surface area contributed by atoms with E-state index < -0.39 is 0 Å². The predicted octanol–water partition coefficient (Wildman–Crippen LogP) is 4.32. The summed E-state index contributed by atoms with van der Waals surface area (Å²) in [6.45, 7) is 1.62. The lowest BCUT2D eigenvalue weighted by atomic mass is 10.0. The summed E-state index contributed by atoms with van der Waals surface area (Å²) in [4.78, 5) is 6.41. The number of halogens is 1. The molecule has 0 atom stereocenters. The van der Waals surface area contributed by atoms with Crippen LogP contribution in [0.5, 0.6) is 0 Å². The fraction of sp³-hybridized carbons (Fsp3) is 0.333. The molecule has 1 saturated heterocycles. The van der Waals surface area contributed by atoms with Gasteiger partial charge in [-0.2, -0.15) is 4.99 Å². The number of rotatable bonds is 6. The van der Waals surface area contributed by atoms with Crippen molar-refractivity contribution >= 4 is 11.8 Å². The minimum absolute atomic E-state index is 0.225. The van der Waals surface area contributed by atoms with Crippen molar-refractivity contribution in [1.29, 1.82) is 0 Å². The van der Waals surface area contributed by atoms with Gasteiger partial charge < -0.3 is 19.9 Å². The number of likely N-dealkylation sites (tertiary alicyclic amines) is 1. The van der Waals surface area contributed by atoms with Crippen molar-refractivity contribution < 1.29 is 13.7 Å². The molecule has 2 aromatic carbocycles. The second kappa shape index (κ2) is 9.75. The topological polar surface area (TPSA) is 76.9 Å². The number of aliphatic imine (C=N–C) groups is 1. The SMILES string of the molecule is COC1CCN(C(N)=Nc2cc(CCc3ccc(-c4ccccc4)c(F)c3)on2)CC1. The van der Waals surface area contributed by atoms with Gasteiger partial charge in [-0.3, -0.25) is 0 Å². The van der Waals surface area contributed by atoms with E-state index in [1.807, 2.05) is 47.4 Å².